The van der Waals surface area contributed by atoms with Gasteiger partial charge in [0.25, 0.3) is 0 Å². The highest BCUT2D eigenvalue weighted by atomic mass is 19.1. The third kappa shape index (κ3) is 3.16. The topological polar surface area (TPSA) is 47.3 Å². The number of hydrogen-bond acceptors (Lipinski definition) is 3. The first kappa shape index (κ1) is 15.4. The SMILES string of the molecule is COC1(C(Cc2ccc(F)cc2F)NN)CCCCC1. The summed E-state index contributed by atoms with van der Waals surface area (Å²) in [7, 11) is 1.68. The molecule has 3 nitrogen and oxygen atoms in total. The van der Waals surface area contributed by atoms with E-state index < -0.39 is 11.6 Å². The van der Waals surface area contributed by atoms with Crippen LogP contribution in [0.1, 0.15) is 37.7 Å². The van der Waals surface area contributed by atoms with E-state index in [0.29, 0.717) is 12.0 Å². The van der Waals surface area contributed by atoms with Gasteiger partial charge in [0, 0.05) is 13.2 Å². The minimum absolute atomic E-state index is 0.187. The lowest BCUT2D eigenvalue weighted by atomic mass is 9.77. The maximum absolute atomic E-state index is 13.8. The van der Waals surface area contributed by atoms with E-state index >= 15 is 0 Å². The number of ether oxygens (including phenoxy) is 1. The van der Waals surface area contributed by atoms with Gasteiger partial charge in [-0.3, -0.25) is 11.3 Å². The molecule has 1 aliphatic rings. The molecule has 20 heavy (non-hydrogen) atoms. The van der Waals surface area contributed by atoms with Crippen LogP contribution < -0.4 is 11.3 Å². The van der Waals surface area contributed by atoms with E-state index in [9.17, 15) is 8.78 Å². The molecular weight excluding hydrogens is 262 g/mol. The fourth-order valence-electron chi connectivity index (χ4n) is 3.15. The monoisotopic (exact) mass is 284 g/mol. The second-order valence-electron chi connectivity index (χ2n) is 5.49. The average molecular weight is 284 g/mol. The fourth-order valence-corrected chi connectivity index (χ4v) is 3.15. The van der Waals surface area contributed by atoms with Crippen LogP contribution in [0.5, 0.6) is 0 Å². The molecule has 0 radical (unpaired) electrons. The molecule has 0 bridgehead atoms. The van der Waals surface area contributed by atoms with Crippen LogP contribution in [-0.4, -0.2) is 18.8 Å². The summed E-state index contributed by atoms with van der Waals surface area (Å²) in [5.41, 5.74) is 2.86. The van der Waals surface area contributed by atoms with Gasteiger partial charge < -0.3 is 4.74 Å². The molecular formula is C15H22F2N2O. The van der Waals surface area contributed by atoms with E-state index in [1.807, 2.05) is 0 Å². The van der Waals surface area contributed by atoms with Crippen molar-refractivity contribution < 1.29 is 13.5 Å². The number of methoxy groups -OCH3 is 1. The smallest absolute Gasteiger partial charge is 0.129 e. The maximum atomic E-state index is 13.8. The molecule has 0 spiro atoms. The van der Waals surface area contributed by atoms with Crippen molar-refractivity contribution in [1.82, 2.24) is 5.43 Å². The molecule has 5 heteroatoms. The van der Waals surface area contributed by atoms with Gasteiger partial charge >= 0.3 is 0 Å². The molecule has 1 aromatic carbocycles. The van der Waals surface area contributed by atoms with Crippen molar-refractivity contribution in [2.24, 2.45) is 5.84 Å². The van der Waals surface area contributed by atoms with Crippen molar-refractivity contribution in [3.05, 3.63) is 35.4 Å². The van der Waals surface area contributed by atoms with Gasteiger partial charge in [0.05, 0.1) is 11.6 Å². The van der Waals surface area contributed by atoms with Gasteiger partial charge in [-0.05, 0) is 30.9 Å². The van der Waals surface area contributed by atoms with E-state index in [1.54, 1.807) is 7.11 Å². The zero-order chi connectivity index (χ0) is 14.6. The molecule has 112 valence electrons. The van der Waals surface area contributed by atoms with Gasteiger partial charge in [-0.2, -0.15) is 0 Å². The third-order valence-corrected chi connectivity index (χ3v) is 4.38. The number of hydrogen-bond donors (Lipinski definition) is 2. The molecule has 1 atom stereocenters. The number of benzene rings is 1. The van der Waals surface area contributed by atoms with Crippen molar-refractivity contribution in [2.45, 2.75) is 50.2 Å². The lowest BCUT2D eigenvalue weighted by Gasteiger charge is -2.42. The Morgan fingerprint density at radius 1 is 1.30 bits per heavy atom. The van der Waals surface area contributed by atoms with Crippen molar-refractivity contribution in [3.63, 3.8) is 0 Å². The van der Waals surface area contributed by atoms with Crippen LogP contribution in [0.4, 0.5) is 8.78 Å². The normalized spacial score (nSPS) is 19.8. The minimum atomic E-state index is -0.567. The summed E-state index contributed by atoms with van der Waals surface area (Å²) in [6.45, 7) is 0. The summed E-state index contributed by atoms with van der Waals surface area (Å²) in [4.78, 5) is 0. The van der Waals surface area contributed by atoms with Crippen molar-refractivity contribution in [2.75, 3.05) is 7.11 Å². The lowest BCUT2D eigenvalue weighted by molar-refractivity contribution is -0.0675. The Bertz CT molecular complexity index is 447. The minimum Gasteiger partial charge on any atom is -0.377 e. The quantitative estimate of drug-likeness (QED) is 0.645. The molecule has 0 amide bonds. The first-order chi connectivity index (χ1) is 9.61. The Balaban J connectivity index is 2.18. The molecule has 3 N–H and O–H groups in total. The van der Waals surface area contributed by atoms with Crippen molar-refractivity contribution in [1.29, 1.82) is 0 Å². The summed E-state index contributed by atoms with van der Waals surface area (Å²) in [5.74, 6) is 4.56. The molecule has 0 saturated heterocycles. The first-order valence-electron chi connectivity index (χ1n) is 7.06. The predicted molar refractivity (Wildman–Crippen MR) is 74.0 cm³/mol. The lowest BCUT2D eigenvalue weighted by Crippen LogP contribution is -2.56. The average Bonchev–Trinajstić information content (AvgIpc) is 2.47. The Morgan fingerprint density at radius 2 is 2.00 bits per heavy atom. The molecule has 0 aliphatic heterocycles. The van der Waals surface area contributed by atoms with Gasteiger partial charge in [-0.15, -0.1) is 0 Å². The van der Waals surface area contributed by atoms with Gasteiger partial charge in [-0.25, -0.2) is 8.78 Å². The number of nitrogens with two attached hydrogens (primary N) is 1. The van der Waals surface area contributed by atoms with Gasteiger partial charge in [0.15, 0.2) is 0 Å². The molecule has 0 aromatic heterocycles. The summed E-state index contributed by atoms with van der Waals surface area (Å²) in [5, 5.41) is 0. The highest BCUT2D eigenvalue weighted by Crippen LogP contribution is 2.35. The second-order valence-corrected chi connectivity index (χ2v) is 5.49. The Morgan fingerprint density at radius 3 is 2.55 bits per heavy atom. The van der Waals surface area contributed by atoms with Gasteiger partial charge in [-0.1, -0.05) is 25.3 Å². The van der Waals surface area contributed by atoms with Crippen LogP contribution in [0.15, 0.2) is 18.2 Å². The number of rotatable bonds is 5. The zero-order valence-corrected chi connectivity index (χ0v) is 11.8. The van der Waals surface area contributed by atoms with Crippen LogP contribution in [-0.2, 0) is 11.2 Å². The largest absolute Gasteiger partial charge is 0.377 e. The van der Waals surface area contributed by atoms with Gasteiger partial charge in [0.2, 0.25) is 0 Å². The highest BCUT2D eigenvalue weighted by molar-refractivity contribution is 5.20. The Labute approximate surface area is 118 Å². The molecule has 1 aliphatic carbocycles. The Kier molecular flexibility index (Phi) is 5.07. The maximum Gasteiger partial charge on any atom is 0.129 e. The first-order valence-corrected chi connectivity index (χ1v) is 7.06. The fraction of sp³-hybridized carbons (Fsp3) is 0.600. The van der Waals surface area contributed by atoms with E-state index in [-0.39, 0.29) is 11.6 Å². The van der Waals surface area contributed by atoms with E-state index in [2.05, 4.69) is 5.43 Å². The third-order valence-electron chi connectivity index (χ3n) is 4.38. The molecule has 1 aromatic rings. The molecule has 0 heterocycles. The van der Waals surface area contributed by atoms with E-state index in [1.165, 1.54) is 18.6 Å². The predicted octanol–water partition coefficient (Wildman–Crippen LogP) is 2.69. The molecule has 2 rings (SSSR count). The standard InChI is InChI=1S/C15H22F2N2O/c1-20-15(7-3-2-4-8-15)14(19-18)9-11-5-6-12(16)10-13(11)17/h5-6,10,14,19H,2-4,7-9,18H2,1H3. The number of hydrazine groups is 1. The van der Waals surface area contributed by atoms with Crippen LogP contribution in [0.3, 0.4) is 0 Å². The van der Waals surface area contributed by atoms with Crippen LogP contribution in [0, 0.1) is 11.6 Å². The molecule has 1 fully saturated rings. The number of halogens is 2. The van der Waals surface area contributed by atoms with Crippen LogP contribution in [0.2, 0.25) is 0 Å². The molecule has 1 saturated carbocycles. The van der Waals surface area contributed by atoms with Crippen LogP contribution in [0.25, 0.3) is 0 Å². The zero-order valence-electron chi connectivity index (χ0n) is 11.8. The van der Waals surface area contributed by atoms with Crippen molar-refractivity contribution >= 4 is 0 Å². The van der Waals surface area contributed by atoms with Gasteiger partial charge in [0.1, 0.15) is 11.6 Å². The van der Waals surface area contributed by atoms with Crippen LogP contribution >= 0.6 is 0 Å². The Hall–Kier alpha value is -1.04. The second kappa shape index (κ2) is 6.61. The highest BCUT2D eigenvalue weighted by Gasteiger charge is 2.39. The van der Waals surface area contributed by atoms with Crippen molar-refractivity contribution in [3.8, 4) is 0 Å². The summed E-state index contributed by atoms with van der Waals surface area (Å²) < 4.78 is 32.5. The van der Waals surface area contributed by atoms with E-state index in [0.717, 1.165) is 31.7 Å². The number of nitrogens with one attached hydrogen (secondary N) is 1. The van der Waals surface area contributed by atoms with E-state index in [4.69, 9.17) is 10.6 Å². The summed E-state index contributed by atoms with van der Waals surface area (Å²) in [6, 6.07) is 3.46. The summed E-state index contributed by atoms with van der Waals surface area (Å²) >= 11 is 0. The summed E-state index contributed by atoms with van der Waals surface area (Å²) in [6.07, 6.45) is 5.54. The molecule has 1 unspecified atom stereocenters.